The third kappa shape index (κ3) is 12.7. The van der Waals surface area contributed by atoms with Crippen LogP contribution in [0.1, 0.15) is 79.1 Å². The minimum Gasteiger partial charge on any atom is -0.832 e. The Morgan fingerprint density at radius 3 is 1.21 bits per heavy atom. The summed E-state index contributed by atoms with van der Waals surface area (Å²) >= 11 is 0. The normalized spacial score (nSPS) is 10.8. The predicted molar refractivity (Wildman–Crippen MR) is 108 cm³/mol. The lowest BCUT2D eigenvalue weighted by atomic mass is 10.1. The van der Waals surface area contributed by atoms with Gasteiger partial charge in [0.05, 0.1) is 26.2 Å². The molecule has 1 N–H and O–H groups in total. The first-order valence-electron chi connectivity index (χ1n) is 10.4. The molecule has 0 unspecified atom stereocenters. The van der Waals surface area contributed by atoms with Gasteiger partial charge in [-0.3, -0.25) is 0 Å². The first-order valence-corrected chi connectivity index (χ1v) is 10.4. The van der Waals surface area contributed by atoms with E-state index >= 15 is 0 Å². The Labute approximate surface area is 171 Å². The molecule has 0 fully saturated rings. The van der Waals surface area contributed by atoms with Crippen molar-refractivity contribution in [3.8, 4) is 18.2 Å². The molecule has 0 rings (SSSR count). The van der Waals surface area contributed by atoms with Crippen molar-refractivity contribution in [1.82, 2.24) is 0 Å². The molecule has 0 aliphatic carbocycles. The van der Waals surface area contributed by atoms with Crippen molar-refractivity contribution < 1.29 is 19.2 Å². The van der Waals surface area contributed by atoms with E-state index in [1.165, 1.54) is 82.0 Å². The maximum atomic E-state index is 9.90. The van der Waals surface area contributed by atoms with Gasteiger partial charge in [-0.15, -0.1) is 0 Å². The van der Waals surface area contributed by atoms with Crippen LogP contribution in [0.3, 0.4) is 0 Å². The van der Waals surface area contributed by atoms with Gasteiger partial charge in [0, 0.05) is 0 Å². The van der Waals surface area contributed by atoms with Crippen LogP contribution in [0, 0.1) is 34.0 Å². The van der Waals surface area contributed by atoms with Gasteiger partial charge >= 0.3 is 12.9 Å². The smallest absolute Gasteiger partial charge is 0.346 e. The van der Waals surface area contributed by atoms with Crippen LogP contribution in [0.4, 0.5) is 0 Å². The van der Waals surface area contributed by atoms with Gasteiger partial charge < -0.3 is 19.2 Å². The summed E-state index contributed by atoms with van der Waals surface area (Å²) in [5.41, 5.74) is -2.50. The number of rotatable bonds is 14. The lowest BCUT2D eigenvalue weighted by Crippen LogP contribution is -2.50. The van der Waals surface area contributed by atoms with Crippen molar-refractivity contribution in [3.63, 3.8) is 0 Å². The van der Waals surface area contributed by atoms with Crippen LogP contribution in [0.15, 0.2) is 0 Å². The second kappa shape index (κ2) is 17.5. The molecule has 0 heterocycles. The standard InChI is InChI=1S/C16H36N.C4HBN3O3/c1-5-9-13-17(14-10-6-2,15-11-7-3)16-12-8-4;6-1-4(2-7,3-8)11-5(9)10/h5-16H2,1-4H3;9H/q+1;-1. The summed E-state index contributed by atoms with van der Waals surface area (Å²) in [6.07, 6.45) is 11.1. The molecule has 0 saturated heterocycles. The highest BCUT2D eigenvalue weighted by molar-refractivity contribution is 6.30. The fourth-order valence-electron chi connectivity index (χ4n) is 2.95. The molecule has 0 bridgehead atoms. The molecule has 28 heavy (non-hydrogen) atoms. The van der Waals surface area contributed by atoms with E-state index in [0.29, 0.717) is 0 Å². The number of unbranched alkanes of at least 4 members (excludes halogenated alkanes) is 4. The molecule has 0 spiro atoms. The molecule has 0 aromatic carbocycles. The van der Waals surface area contributed by atoms with Crippen LogP contribution in [-0.2, 0) is 4.65 Å². The topological polar surface area (TPSA) is 124 Å². The molecule has 158 valence electrons. The van der Waals surface area contributed by atoms with Crippen LogP contribution in [0.5, 0.6) is 0 Å². The number of quaternary nitrogens is 1. The minimum atomic E-state index is -2.56. The number of nitriles is 3. The van der Waals surface area contributed by atoms with E-state index in [1.54, 1.807) is 0 Å². The molecule has 0 aliphatic rings. The summed E-state index contributed by atoms with van der Waals surface area (Å²) in [6, 6.07) is 3.43. The van der Waals surface area contributed by atoms with Crippen LogP contribution < -0.4 is 5.02 Å². The first-order chi connectivity index (χ1) is 13.3. The Morgan fingerprint density at radius 2 is 1.07 bits per heavy atom. The van der Waals surface area contributed by atoms with Crippen LogP contribution >= 0.6 is 0 Å². The lowest BCUT2D eigenvalue weighted by molar-refractivity contribution is -0.929. The Balaban J connectivity index is 0. The lowest BCUT2D eigenvalue weighted by Gasteiger charge is -2.39. The molecule has 0 radical (unpaired) electrons. The molecule has 0 amide bonds. The minimum absolute atomic E-state index is 1.14. The Kier molecular flexibility index (Phi) is 17.8. The van der Waals surface area contributed by atoms with Gasteiger partial charge in [0.2, 0.25) is 0 Å². The van der Waals surface area contributed by atoms with Gasteiger partial charge in [-0.05, 0) is 25.7 Å². The van der Waals surface area contributed by atoms with Crippen LogP contribution in [-0.4, -0.2) is 48.6 Å². The maximum absolute atomic E-state index is 9.90. The zero-order chi connectivity index (χ0) is 21.9. The summed E-state index contributed by atoms with van der Waals surface area (Å²) in [4.78, 5) is 0. The highest BCUT2D eigenvalue weighted by Crippen LogP contribution is 2.16. The summed E-state index contributed by atoms with van der Waals surface area (Å²) < 4.78 is 5.22. The molecule has 0 aromatic heterocycles. The van der Waals surface area contributed by atoms with Crippen LogP contribution in [0.2, 0.25) is 0 Å². The van der Waals surface area contributed by atoms with Crippen molar-refractivity contribution in [2.24, 2.45) is 0 Å². The van der Waals surface area contributed by atoms with Gasteiger partial charge in [0.25, 0.3) is 0 Å². The number of hydrogen-bond donors (Lipinski definition) is 1. The van der Waals surface area contributed by atoms with Gasteiger partial charge in [-0.1, -0.05) is 53.4 Å². The SMILES string of the molecule is CCCC[N+](CCCC)(CCCC)CCCC.N#CC(C#N)(C#N)OB([O-])O. The average molecular weight is 392 g/mol. The molecule has 0 atom stereocenters. The number of nitrogens with zero attached hydrogens (tertiary/aromatic N) is 4. The molecule has 8 heteroatoms. The highest BCUT2D eigenvalue weighted by atomic mass is 16.6. The van der Waals surface area contributed by atoms with Crippen molar-refractivity contribution >= 4 is 7.32 Å². The summed E-state index contributed by atoms with van der Waals surface area (Å²) in [5.74, 6) is 0. The monoisotopic (exact) mass is 392 g/mol. The second-order valence-corrected chi connectivity index (χ2v) is 7.09. The first kappa shape index (κ1) is 28.6. The zero-order valence-electron chi connectivity index (χ0n) is 18.1. The van der Waals surface area contributed by atoms with Crippen molar-refractivity contribution in [2.45, 2.75) is 84.7 Å². The maximum Gasteiger partial charge on any atom is 0.346 e. The third-order valence-corrected chi connectivity index (χ3v) is 4.69. The summed E-state index contributed by atoms with van der Waals surface area (Å²) in [5, 5.41) is 42.4. The quantitative estimate of drug-likeness (QED) is 0.358. The van der Waals surface area contributed by atoms with E-state index in [9.17, 15) is 5.02 Å². The van der Waals surface area contributed by atoms with Crippen molar-refractivity contribution in [1.29, 1.82) is 15.8 Å². The fraction of sp³-hybridized carbons (Fsp3) is 0.850. The van der Waals surface area contributed by atoms with E-state index in [4.69, 9.17) is 20.8 Å². The fourth-order valence-corrected chi connectivity index (χ4v) is 2.95. The van der Waals surface area contributed by atoms with E-state index in [1.807, 2.05) is 0 Å². The largest absolute Gasteiger partial charge is 0.832 e. The summed E-state index contributed by atoms with van der Waals surface area (Å²) in [7, 11) is -2.56. The van der Waals surface area contributed by atoms with Crippen molar-refractivity contribution in [2.75, 3.05) is 26.2 Å². The molecule has 0 aromatic rings. The van der Waals surface area contributed by atoms with Gasteiger partial charge in [0.1, 0.15) is 18.2 Å². The van der Waals surface area contributed by atoms with Gasteiger partial charge in [-0.2, -0.15) is 15.8 Å². The van der Waals surface area contributed by atoms with Gasteiger partial charge in [-0.25, -0.2) is 0 Å². The third-order valence-electron chi connectivity index (χ3n) is 4.69. The molecule has 0 saturated carbocycles. The molecule has 0 aliphatic heterocycles. The average Bonchev–Trinajstić information content (AvgIpc) is 2.71. The van der Waals surface area contributed by atoms with E-state index in [0.717, 1.165) is 18.2 Å². The van der Waals surface area contributed by atoms with E-state index < -0.39 is 12.9 Å². The predicted octanol–water partition coefficient (Wildman–Crippen LogP) is 2.65. The Morgan fingerprint density at radius 1 is 0.786 bits per heavy atom. The van der Waals surface area contributed by atoms with Gasteiger partial charge in [0.15, 0.2) is 0 Å². The Hall–Kier alpha value is -1.63. The Bertz CT molecular complexity index is 436. The second-order valence-electron chi connectivity index (χ2n) is 7.09. The molecular weight excluding hydrogens is 355 g/mol. The van der Waals surface area contributed by atoms with E-state index in [2.05, 4.69) is 32.3 Å². The van der Waals surface area contributed by atoms with Crippen LogP contribution in [0.25, 0.3) is 0 Å². The van der Waals surface area contributed by atoms with Crippen molar-refractivity contribution in [3.05, 3.63) is 0 Å². The summed E-state index contributed by atoms with van der Waals surface area (Å²) in [6.45, 7) is 15.0. The molecule has 7 nitrogen and oxygen atoms in total. The number of hydrogen-bond acceptors (Lipinski definition) is 6. The zero-order valence-corrected chi connectivity index (χ0v) is 18.1. The van der Waals surface area contributed by atoms with E-state index in [-0.39, 0.29) is 0 Å². The molecular formula is C20H37BN4O3. The highest BCUT2D eigenvalue weighted by Gasteiger charge is 2.31.